The van der Waals surface area contributed by atoms with E-state index in [-0.39, 0.29) is 11.7 Å². The zero-order valence-electron chi connectivity index (χ0n) is 11.8. The van der Waals surface area contributed by atoms with Gasteiger partial charge in [-0.1, -0.05) is 58.2 Å². The molecule has 3 nitrogen and oxygen atoms in total. The second-order valence-corrected chi connectivity index (χ2v) is 8.68. The van der Waals surface area contributed by atoms with Crippen LogP contribution < -0.4 is 5.32 Å². The fourth-order valence-electron chi connectivity index (χ4n) is 1.95. The zero-order valence-corrected chi connectivity index (χ0v) is 16.4. The first-order valence-electron chi connectivity index (χ1n) is 6.55. The third-order valence-corrected chi connectivity index (χ3v) is 5.95. The molecule has 1 aromatic heterocycles. The Morgan fingerprint density at radius 2 is 1.71 bits per heavy atom. The van der Waals surface area contributed by atoms with Crippen molar-refractivity contribution in [2.24, 2.45) is 0 Å². The number of nitrogens with one attached hydrogen (secondary N) is 1. The Hall–Kier alpha value is -0.690. The lowest BCUT2D eigenvalue weighted by molar-refractivity contribution is -0.113. The van der Waals surface area contributed by atoms with Crippen molar-refractivity contribution < 1.29 is 4.79 Å². The third kappa shape index (κ3) is 4.48. The van der Waals surface area contributed by atoms with E-state index in [4.69, 9.17) is 46.4 Å². The first-order valence-corrected chi connectivity index (χ1v) is 9.86. The summed E-state index contributed by atoms with van der Waals surface area (Å²) in [5.41, 5.74) is 1.24. The molecule has 9 heteroatoms. The summed E-state index contributed by atoms with van der Waals surface area (Å²) in [5.74, 6) is 0.0247. The van der Waals surface area contributed by atoms with Crippen LogP contribution in [-0.4, -0.2) is 16.6 Å². The molecule has 0 spiro atoms. The summed E-state index contributed by atoms with van der Waals surface area (Å²) in [6.45, 7) is 0. The maximum Gasteiger partial charge on any atom is 0.234 e. The highest BCUT2D eigenvalue weighted by molar-refractivity contribution is 8.01. The van der Waals surface area contributed by atoms with Gasteiger partial charge in [0.05, 0.1) is 15.5 Å². The number of carbonyl (C=O) groups excluding carboxylic acids is 1. The first kappa shape index (κ1) is 18.1. The topological polar surface area (TPSA) is 42.0 Å². The summed E-state index contributed by atoms with van der Waals surface area (Å²) in [7, 11) is 0. The van der Waals surface area contributed by atoms with E-state index in [0.29, 0.717) is 31.3 Å². The number of halogens is 4. The van der Waals surface area contributed by atoms with Gasteiger partial charge in [0, 0.05) is 20.8 Å². The Balaban J connectivity index is 1.67. The van der Waals surface area contributed by atoms with Gasteiger partial charge in [0.25, 0.3) is 0 Å². The molecule has 0 bridgehead atoms. The monoisotopic (exact) mass is 436 g/mol. The molecule has 1 heterocycles. The molecule has 0 saturated carbocycles. The Bertz CT molecular complexity index is 909. The van der Waals surface area contributed by atoms with Crippen molar-refractivity contribution in [1.82, 2.24) is 4.98 Å². The zero-order chi connectivity index (χ0) is 17.3. The molecule has 0 fully saturated rings. The number of carbonyl (C=O) groups is 1. The van der Waals surface area contributed by atoms with Gasteiger partial charge in [-0.25, -0.2) is 4.98 Å². The molecular formula is C15H8Cl4N2OS2. The van der Waals surface area contributed by atoms with Crippen molar-refractivity contribution in [3.8, 4) is 0 Å². The summed E-state index contributed by atoms with van der Waals surface area (Å²) in [5, 5.41) is 4.73. The molecule has 1 amide bonds. The molecule has 0 saturated heterocycles. The Labute approximate surface area is 166 Å². The summed E-state index contributed by atoms with van der Waals surface area (Å²) in [4.78, 5) is 16.5. The van der Waals surface area contributed by atoms with E-state index in [1.165, 1.54) is 23.1 Å². The van der Waals surface area contributed by atoms with Gasteiger partial charge in [-0.05, 0) is 30.3 Å². The number of benzene rings is 2. The highest BCUT2D eigenvalue weighted by Gasteiger charge is 2.11. The van der Waals surface area contributed by atoms with Crippen molar-refractivity contribution in [2.45, 2.75) is 4.34 Å². The van der Waals surface area contributed by atoms with E-state index in [1.807, 2.05) is 0 Å². The number of rotatable bonds is 4. The summed E-state index contributed by atoms with van der Waals surface area (Å²) in [6, 6.07) is 8.32. The molecule has 3 rings (SSSR count). The van der Waals surface area contributed by atoms with Gasteiger partial charge in [-0.2, -0.15) is 0 Å². The van der Waals surface area contributed by atoms with Crippen LogP contribution in [0.1, 0.15) is 0 Å². The number of thioether (sulfide) groups is 1. The normalized spacial score (nSPS) is 11.0. The average molecular weight is 438 g/mol. The van der Waals surface area contributed by atoms with Gasteiger partial charge in [-0.3, -0.25) is 4.79 Å². The summed E-state index contributed by atoms with van der Waals surface area (Å²) in [6.07, 6.45) is 0. The van der Waals surface area contributed by atoms with Crippen LogP contribution in [0.3, 0.4) is 0 Å². The van der Waals surface area contributed by atoms with E-state index in [2.05, 4.69) is 10.3 Å². The molecule has 2 aromatic carbocycles. The summed E-state index contributed by atoms with van der Waals surface area (Å²) >= 11 is 26.7. The summed E-state index contributed by atoms with van der Waals surface area (Å²) < 4.78 is 1.63. The molecular weight excluding hydrogens is 430 g/mol. The predicted octanol–water partition coefficient (Wildman–Crippen LogP) is 6.64. The lowest BCUT2D eigenvalue weighted by Gasteiger charge is -2.05. The smallest absolute Gasteiger partial charge is 0.234 e. The molecule has 3 aromatic rings. The van der Waals surface area contributed by atoms with Crippen LogP contribution in [0.5, 0.6) is 0 Å². The van der Waals surface area contributed by atoms with Crippen molar-refractivity contribution in [1.29, 1.82) is 0 Å². The fraction of sp³-hybridized carbons (Fsp3) is 0.0667. The van der Waals surface area contributed by atoms with Crippen molar-refractivity contribution in [2.75, 3.05) is 11.1 Å². The minimum absolute atomic E-state index is 0.179. The molecule has 0 aliphatic carbocycles. The Kier molecular flexibility index (Phi) is 5.80. The number of hydrogen-bond donors (Lipinski definition) is 1. The molecule has 1 N–H and O–H groups in total. The molecule has 0 aliphatic rings. The van der Waals surface area contributed by atoms with Crippen LogP contribution in [0.15, 0.2) is 34.7 Å². The molecule has 0 atom stereocenters. The van der Waals surface area contributed by atoms with E-state index in [1.54, 1.807) is 30.3 Å². The van der Waals surface area contributed by atoms with Crippen LogP contribution >= 0.6 is 69.5 Å². The fourth-order valence-corrected chi connectivity index (χ4v) is 5.06. The lowest BCUT2D eigenvalue weighted by Crippen LogP contribution is -2.13. The molecule has 0 radical (unpaired) electrons. The second kappa shape index (κ2) is 7.68. The second-order valence-electron chi connectivity index (χ2n) is 4.71. The van der Waals surface area contributed by atoms with Crippen LogP contribution in [0.25, 0.3) is 10.2 Å². The number of amides is 1. The first-order chi connectivity index (χ1) is 11.4. The van der Waals surface area contributed by atoms with Crippen molar-refractivity contribution >= 4 is 91.3 Å². The Morgan fingerprint density at radius 1 is 1.04 bits per heavy atom. The van der Waals surface area contributed by atoms with Gasteiger partial charge in [-0.15, -0.1) is 11.3 Å². The largest absolute Gasteiger partial charge is 0.325 e. The quantitative estimate of drug-likeness (QED) is 0.465. The highest BCUT2D eigenvalue weighted by atomic mass is 35.5. The number of aromatic nitrogens is 1. The maximum absolute atomic E-state index is 12.1. The van der Waals surface area contributed by atoms with E-state index in [0.717, 1.165) is 9.04 Å². The molecule has 24 heavy (non-hydrogen) atoms. The van der Waals surface area contributed by atoms with Crippen molar-refractivity contribution in [3.63, 3.8) is 0 Å². The van der Waals surface area contributed by atoms with Crippen LogP contribution in [0.2, 0.25) is 20.1 Å². The van der Waals surface area contributed by atoms with Crippen LogP contribution in [-0.2, 0) is 4.79 Å². The SMILES string of the molecule is O=C(CSc1nc2c(Cl)cc(Cl)cc2s1)Nc1cc(Cl)cc(Cl)c1. The number of thiazole rings is 1. The predicted molar refractivity (Wildman–Crippen MR) is 105 cm³/mol. The lowest BCUT2D eigenvalue weighted by atomic mass is 10.3. The van der Waals surface area contributed by atoms with E-state index in [9.17, 15) is 4.79 Å². The number of anilines is 1. The standard InChI is InChI=1S/C15H8Cl4N2OS2/c16-7-1-8(17)3-10(2-7)20-13(22)6-23-15-21-14-11(19)4-9(18)5-12(14)24-15/h1-5H,6H2,(H,20,22). The molecule has 0 unspecified atom stereocenters. The van der Waals surface area contributed by atoms with Gasteiger partial charge < -0.3 is 5.32 Å². The minimum Gasteiger partial charge on any atom is -0.325 e. The molecule has 124 valence electrons. The third-order valence-electron chi connectivity index (χ3n) is 2.87. The van der Waals surface area contributed by atoms with Gasteiger partial charge in [0.15, 0.2) is 4.34 Å². The average Bonchev–Trinajstić information content (AvgIpc) is 2.87. The Morgan fingerprint density at radius 3 is 2.42 bits per heavy atom. The highest BCUT2D eigenvalue weighted by Crippen LogP contribution is 2.35. The van der Waals surface area contributed by atoms with Crippen molar-refractivity contribution in [3.05, 3.63) is 50.4 Å². The van der Waals surface area contributed by atoms with E-state index >= 15 is 0 Å². The minimum atomic E-state index is -0.179. The number of fused-ring (bicyclic) bond motifs is 1. The van der Waals surface area contributed by atoms with E-state index < -0.39 is 0 Å². The van der Waals surface area contributed by atoms with Gasteiger partial charge in [0.2, 0.25) is 5.91 Å². The van der Waals surface area contributed by atoms with Crippen LogP contribution in [0.4, 0.5) is 5.69 Å². The molecule has 0 aliphatic heterocycles. The maximum atomic E-state index is 12.1. The van der Waals surface area contributed by atoms with Gasteiger partial charge in [0.1, 0.15) is 5.52 Å². The van der Waals surface area contributed by atoms with Gasteiger partial charge >= 0.3 is 0 Å². The number of nitrogens with zero attached hydrogens (tertiary/aromatic N) is 1. The van der Waals surface area contributed by atoms with Crippen LogP contribution in [0, 0.1) is 0 Å². The number of hydrogen-bond acceptors (Lipinski definition) is 4.